The summed E-state index contributed by atoms with van der Waals surface area (Å²) in [5.41, 5.74) is 12.6. The molecule has 50 heavy (non-hydrogen) atoms. The Morgan fingerprint density at radius 3 is 1.56 bits per heavy atom. The summed E-state index contributed by atoms with van der Waals surface area (Å²) in [6.45, 7) is 0. The van der Waals surface area contributed by atoms with E-state index in [1.807, 2.05) is 6.07 Å². The van der Waals surface area contributed by atoms with Crippen molar-refractivity contribution in [3.63, 3.8) is 0 Å². The third-order valence-electron chi connectivity index (χ3n) is 9.89. The number of aromatic nitrogens is 3. The van der Waals surface area contributed by atoms with Gasteiger partial charge in [0.15, 0.2) is 0 Å². The molecule has 0 aliphatic carbocycles. The van der Waals surface area contributed by atoms with Crippen LogP contribution in [0.4, 0.5) is 0 Å². The van der Waals surface area contributed by atoms with Crippen molar-refractivity contribution in [2.45, 2.75) is 0 Å². The summed E-state index contributed by atoms with van der Waals surface area (Å²) in [7, 11) is 0. The van der Waals surface area contributed by atoms with E-state index in [0.29, 0.717) is 0 Å². The lowest BCUT2D eigenvalue weighted by Crippen LogP contribution is -1.99. The molecule has 0 unspecified atom stereocenters. The van der Waals surface area contributed by atoms with Crippen molar-refractivity contribution < 1.29 is 0 Å². The highest BCUT2D eigenvalue weighted by molar-refractivity contribution is 6.26. The lowest BCUT2D eigenvalue weighted by atomic mass is 9.98. The van der Waals surface area contributed by atoms with Gasteiger partial charge >= 0.3 is 0 Å². The maximum absolute atomic E-state index is 5.24. The van der Waals surface area contributed by atoms with Gasteiger partial charge in [-0.2, -0.15) is 0 Å². The molecule has 0 aliphatic heterocycles. The van der Waals surface area contributed by atoms with Crippen LogP contribution in [0.15, 0.2) is 188 Å². The summed E-state index contributed by atoms with van der Waals surface area (Å²) in [6.07, 6.45) is 0. The van der Waals surface area contributed by atoms with Crippen LogP contribution in [0.3, 0.4) is 0 Å². The van der Waals surface area contributed by atoms with Gasteiger partial charge in [-0.15, -0.1) is 0 Å². The van der Waals surface area contributed by atoms with Crippen LogP contribution in [-0.2, 0) is 0 Å². The van der Waals surface area contributed by atoms with Crippen molar-refractivity contribution in [2.24, 2.45) is 0 Å². The Balaban J connectivity index is 1.32. The Hall–Kier alpha value is -6.71. The molecule has 3 aromatic heterocycles. The number of para-hydroxylation sites is 2. The molecular formula is C47H31N3. The van der Waals surface area contributed by atoms with E-state index < -0.39 is 0 Å². The van der Waals surface area contributed by atoms with E-state index in [9.17, 15) is 0 Å². The summed E-state index contributed by atoms with van der Waals surface area (Å²) < 4.78 is 4.81. The molecule has 0 saturated carbocycles. The first-order chi connectivity index (χ1) is 24.8. The van der Waals surface area contributed by atoms with Gasteiger partial charge in [0.1, 0.15) is 5.82 Å². The number of fused-ring (bicyclic) bond motifs is 7. The van der Waals surface area contributed by atoms with E-state index in [2.05, 4.69) is 191 Å². The van der Waals surface area contributed by atoms with E-state index >= 15 is 0 Å². The molecule has 0 atom stereocenters. The summed E-state index contributed by atoms with van der Waals surface area (Å²) in [4.78, 5) is 5.24. The number of hydrogen-bond donors (Lipinski definition) is 0. The van der Waals surface area contributed by atoms with Gasteiger partial charge in [-0.05, 0) is 70.8 Å². The standard InChI is InChI=1S/C47H31N3/c1-4-15-32(16-5-1)35-29-36(33-17-6-2-7-18-33)31-37(30-35)49-42-24-12-10-21-38(42)39-27-28-44-46(47(39)49)40-22-11-13-25-43(40)50(44)45-26-14-23-41(48-45)34-19-8-3-9-20-34/h1-31H. The minimum Gasteiger partial charge on any atom is -0.308 e. The normalized spacial score (nSPS) is 11.6. The third kappa shape index (κ3) is 4.48. The zero-order valence-corrected chi connectivity index (χ0v) is 27.2. The van der Waals surface area contributed by atoms with Crippen LogP contribution >= 0.6 is 0 Å². The number of pyridine rings is 1. The number of hydrogen-bond acceptors (Lipinski definition) is 1. The Labute approximate surface area is 290 Å². The van der Waals surface area contributed by atoms with Gasteiger partial charge in [0.25, 0.3) is 0 Å². The lowest BCUT2D eigenvalue weighted by molar-refractivity contribution is 1.08. The minimum absolute atomic E-state index is 0.900. The van der Waals surface area contributed by atoms with Gasteiger partial charge in [-0.3, -0.25) is 4.57 Å². The molecule has 0 bridgehead atoms. The summed E-state index contributed by atoms with van der Waals surface area (Å²) >= 11 is 0. The molecule has 3 nitrogen and oxygen atoms in total. The van der Waals surface area contributed by atoms with E-state index in [0.717, 1.165) is 33.8 Å². The van der Waals surface area contributed by atoms with Crippen LogP contribution in [0.1, 0.15) is 0 Å². The van der Waals surface area contributed by atoms with E-state index in [1.165, 1.54) is 54.8 Å². The fourth-order valence-corrected chi connectivity index (χ4v) is 7.68. The molecule has 0 amide bonds. The minimum atomic E-state index is 0.900. The predicted octanol–water partition coefficient (Wildman–Crippen LogP) is 12.3. The molecule has 0 N–H and O–H groups in total. The molecule has 0 aliphatic rings. The van der Waals surface area contributed by atoms with E-state index in [4.69, 9.17) is 4.98 Å². The van der Waals surface area contributed by atoms with Crippen molar-refractivity contribution in [1.82, 2.24) is 14.1 Å². The smallest absolute Gasteiger partial charge is 0.138 e. The molecule has 0 saturated heterocycles. The second kappa shape index (κ2) is 11.5. The topological polar surface area (TPSA) is 22.8 Å². The average molecular weight is 638 g/mol. The Bertz CT molecular complexity index is 2790. The SMILES string of the molecule is c1ccc(-c2cc(-c3ccccc3)cc(-n3c4ccccc4c4ccc5c(c6ccccc6n5-c5cccc(-c6ccccc6)n5)c43)c2)cc1. The zero-order chi connectivity index (χ0) is 33.0. The summed E-state index contributed by atoms with van der Waals surface area (Å²) in [6, 6.07) is 67.3. The molecular weight excluding hydrogens is 607 g/mol. The third-order valence-corrected chi connectivity index (χ3v) is 9.89. The molecule has 0 fully saturated rings. The second-order valence-electron chi connectivity index (χ2n) is 12.8. The monoisotopic (exact) mass is 637 g/mol. The first kappa shape index (κ1) is 28.3. The van der Waals surface area contributed by atoms with E-state index in [-0.39, 0.29) is 0 Å². The maximum Gasteiger partial charge on any atom is 0.138 e. The molecule has 3 heteroatoms. The Kier molecular flexibility index (Phi) is 6.49. The van der Waals surface area contributed by atoms with Crippen molar-refractivity contribution >= 4 is 43.6 Å². The second-order valence-corrected chi connectivity index (χ2v) is 12.8. The van der Waals surface area contributed by atoms with Crippen LogP contribution in [0.5, 0.6) is 0 Å². The summed E-state index contributed by atoms with van der Waals surface area (Å²) in [5.74, 6) is 0.900. The van der Waals surface area contributed by atoms with Gasteiger partial charge in [0.2, 0.25) is 0 Å². The molecule has 3 heterocycles. The molecule has 0 radical (unpaired) electrons. The van der Waals surface area contributed by atoms with Crippen molar-refractivity contribution in [3.05, 3.63) is 188 Å². The number of nitrogens with zero attached hydrogens (tertiary/aromatic N) is 3. The molecule has 10 aromatic rings. The van der Waals surface area contributed by atoms with Gasteiger partial charge in [0, 0.05) is 32.8 Å². The van der Waals surface area contributed by atoms with Crippen LogP contribution in [0.25, 0.3) is 88.6 Å². The highest BCUT2D eigenvalue weighted by Crippen LogP contribution is 2.43. The van der Waals surface area contributed by atoms with Gasteiger partial charge < -0.3 is 4.57 Å². The molecule has 10 rings (SSSR count). The van der Waals surface area contributed by atoms with Crippen LogP contribution in [0, 0.1) is 0 Å². The van der Waals surface area contributed by atoms with Crippen LogP contribution in [0.2, 0.25) is 0 Å². The first-order valence-electron chi connectivity index (χ1n) is 17.1. The fraction of sp³-hybridized carbons (Fsp3) is 0. The lowest BCUT2D eigenvalue weighted by Gasteiger charge is -2.15. The average Bonchev–Trinajstić information content (AvgIpc) is 3.72. The van der Waals surface area contributed by atoms with Gasteiger partial charge in [-0.1, -0.05) is 140 Å². The number of rotatable bonds is 5. The molecule has 234 valence electrons. The predicted molar refractivity (Wildman–Crippen MR) is 209 cm³/mol. The highest BCUT2D eigenvalue weighted by Gasteiger charge is 2.22. The van der Waals surface area contributed by atoms with E-state index in [1.54, 1.807) is 0 Å². The highest BCUT2D eigenvalue weighted by atomic mass is 15.1. The van der Waals surface area contributed by atoms with Crippen LogP contribution in [-0.4, -0.2) is 14.1 Å². The largest absolute Gasteiger partial charge is 0.308 e. The summed E-state index contributed by atoms with van der Waals surface area (Å²) in [5, 5.41) is 4.88. The van der Waals surface area contributed by atoms with Crippen LogP contribution < -0.4 is 0 Å². The zero-order valence-electron chi connectivity index (χ0n) is 27.2. The van der Waals surface area contributed by atoms with Crippen molar-refractivity contribution in [3.8, 4) is 45.0 Å². The first-order valence-corrected chi connectivity index (χ1v) is 17.1. The quantitative estimate of drug-likeness (QED) is 0.184. The molecule has 7 aromatic carbocycles. The Morgan fingerprint density at radius 1 is 0.340 bits per heavy atom. The Morgan fingerprint density at radius 2 is 0.900 bits per heavy atom. The maximum atomic E-state index is 5.24. The van der Waals surface area contributed by atoms with Crippen molar-refractivity contribution in [1.29, 1.82) is 0 Å². The molecule has 0 spiro atoms. The van der Waals surface area contributed by atoms with Gasteiger partial charge in [0.05, 0.1) is 27.8 Å². The van der Waals surface area contributed by atoms with Gasteiger partial charge in [-0.25, -0.2) is 4.98 Å². The number of benzene rings is 7. The van der Waals surface area contributed by atoms with Crippen molar-refractivity contribution in [2.75, 3.05) is 0 Å². The fourth-order valence-electron chi connectivity index (χ4n) is 7.68.